The fourth-order valence-electron chi connectivity index (χ4n) is 4.68. The van der Waals surface area contributed by atoms with Crippen LogP contribution in [0.25, 0.3) is 0 Å². The van der Waals surface area contributed by atoms with Gasteiger partial charge in [-0.25, -0.2) is 4.79 Å². The summed E-state index contributed by atoms with van der Waals surface area (Å²) in [6, 6.07) is 21.3. The summed E-state index contributed by atoms with van der Waals surface area (Å²) >= 11 is 0. The Morgan fingerprint density at radius 1 is 0.967 bits per heavy atom. The number of urea groups is 1. The SMILES string of the molecule is O=C(NCC1(c2ccccc2)CCOCC1)NC1CCN(Cc2ccccc2)CC1. The van der Waals surface area contributed by atoms with Gasteiger partial charge < -0.3 is 15.4 Å². The monoisotopic (exact) mass is 407 g/mol. The molecule has 2 aliphatic rings. The van der Waals surface area contributed by atoms with Gasteiger partial charge >= 0.3 is 6.03 Å². The van der Waals surface area contributed by atoms with Gasteiger partial charge in [-0.3, -0.25) is 4.90 Å². The Morgan fingerprint density at radius 3 is 2.27 bits per heavy atom. The molecule has 5 heteroatoms. The van der Waals surface area contributed by atoms with Crippen molar-refractivity contribution >= 4 is 6.03 Å². The van der Waals surface area contributed by atoms with Crippen LogP contribution in [-0.4, -0.2) is 49.8 Å². The normalized spacial score (nSPS) is 19.9. The van der Waals surface area contributed by atoms with Crippen molar-refractivity contribution in [1.82, 2.24) is 15.5 Å². The summed E-state index contributed by atoms with van der Waals surface area (Å²) < 4.78 is 5.59. The van der Waals surface area contributed by atoms with Gasteiger partial charge in [0.25, 0.3) is 0 Å². The van der Waals surface area contributed by atoms with Gasteiger partial charge in [0.1, 0.15) is 0 Å². The summed E-state index contributed by atoms with van der Waals surface area (Å²) in [6.45, 7) is 5.17. The smallest absolute Gasteiger partial charge is 0.315 e. The average molecular weight is 408 g/mol. The lowest BCUT2D eigenvalue weighted by Gasteiger charge is -2.38. The molecule has 0 aliphatic carbocycles. The first-order chi connectivity index (χ1) is 14.7. The predicted molar refractivity (Wildman–Crippen MR) is 119 cm³/mol. The van der Waals surface area contributed by atoms with Gasteiger partial charge in [-0.15, -0.1) is 0 Å². The average Bonchev–Trinajstić information content (AvgIpc) is 2.81. The summed E-state index contributed by atoms with van der Waals surface area (Å²) in [5.41, 5.74) is 2.61. The molecule has 2 fully saturated rings. The number of rotatable bonds is 6. The molecule has 4 rings (SSSR count). The molecule has 160 valence electrons. The van der Waals surface area contributed by atoms with E-state index in [-0.39, 0.29) is 17.5 Å². The van der Waals surface area contributed by atoms with Crippen LogP contribution >= 0.6 is 0 Å². The Labute approximate surface area is 179 Å². The number of benzene rings is 2. The van der Waals surface area contributed by atoms with Gasteiger partial charge in [-0.2, -0.15) is 0 Å². The first kappa shape index (κ1) is 20.9. The lowest BCUT2D eigenvalue weighted by molar-refractivity contribution is 0.0506. The van der Waals surface area contributed by atoms with Crippen LogP contribution in [0.4, 0.5) is 4.79 Å². The highest BCUT2D eigenvalue weighted by Gasteiger charge is 2.35. The van der Waals surface area contributed by atoms with Crippen molar-refractivity contribution in [2.24, 2.45) is 0 Å². The number of amides is 2. The molecule has 0 aromatic heterocycles. The van der Waals surface area contributed by atoms with Crippen LogP contribution in [0, 0.1) is 0 Å². The Hall–Kier alpha value is -2.37. The third-order valence-electron chi connectivity index (χ3n) is 6.60. The fraction of sp³-hybridized carbons (Fsp3) is 0.480. The molecule has 2 heterocycles. The van der Waals surface area contributed by atoms with Gasteiger partial charge in [-0.1, -0.05) is 60.7 Å². The number of nitrogens with zero attached hydrogens (tertiary/aromatic N) is 1. The van der Waals surface area contributed by atoms with Crippen LogP contribution < -0.4 is 10.6 Å². The van der Waals surface area contributed by atoms with Crippen molar-refractivity contribution in [2.75, 3.05) is 32.8 Å². The number of ether oxygens (including phenoxy) is 1. The molecule has 0 atom stereocenters. The number of piperidine rings is 1. The minimum Gasteiger partial charge on any atom is -0.381 e. The van der Waals surface area contributed by atoms with E-state index in [9.17, 15) is 4.79 Å². The zero-order chi connectivity index (χ0) is 20.7. The molecule has 2 N–H and O–H groups in total. The van der Waals surface area contributed by atoms with Crippen molar-refractivity contribution in [2.45, 2.75) is 43.7 Å². The molecule has 0 bridgehead atoms. The minimum absolute atomic E-state index is 0.0318. The number of carbonyl (C=O) groups excluding carboxylic acids is 1. The zero-order valence-corrected chi connectivity index (χ0v) is 17.7. The number of hydrogen-bond donors (Lipinski definition) is 2. The Morgan fingerprint density at radius 2 is 1.60 bits per heavy atom. The van der Waals surface area contributed by atoms with Gasteiger partial charge in [-0.05, 0) is 36.8 Å². The molecule has 30 heavy (non-hydrogen) atoms. The second kappa shape index (κ2) is 10.1. The molecule has 5 nitrogen and oxygen atoms in total. The molecule has 2 aliphatic heterocycles. The molecule has 2 aromatic carbocycles. The Bertz CT molecular complexity index is 783. The molecule has 2 saturated heterocycles. The third kappa shape index (κ3) is 5.41. The van der Waals surface area contributed by atoms with E-state index in [2.05, 4.69) is 70.1 Å². The number of hydrogen-bond acceptors (Lipinski definition) is 3. The highest BCUT2D eigenvalue weighted by Crippen LogP contribution is 2.34. The van der Waals surface area contributed by atoms with Crippen molar-refractivity contribution in [3.63, 3.8) is 0 Å². The molecule has 0 unspecified atom stereocenters. The van der Waals surface area contributed by atoms with Gasteiger partial charge in [0.15, 0.2) is 0 Å². The predicted octanol–water partition coefficient (Wildman–Crippen LogP) is 3.70. The van der Waals surface area contributed by atoms with Gasteiger partial charge in [0, 0.05) is 50.8 Å². The van der Waals surface area contributed by atoms with Gasteiger partial charge in [0.2, 0.25) is 0 Å². The van der Waals surface area contributed by atoms with Crippen LogP contribution in [0.15, 0.2) is 60.7 Å². The van der Waals surface area contributed by atoms with Crippen LogP contribution in [0.1, 0.15) is 36.8 Å². The number of nitrogens with one attached hydrogen (secondary N) is 2. The van der Waals surface area contributed by atoms with Crippen molar-refractivity contribution in [3.05, 3.63) is 71.8 Å². The van der Waals surface area contributed by atoms with E-state index in [4.69, 9.17) is 4.74 Å². The molecular formula is C25H33N3O2. The lowest BCUT2D eigenvalue weighted by Crippen LogP contribution is -2.51. The van der Waals surface area contributed by atoms with Crippen LogP contribution in [0.2, 0.25) is 0 Å². The molecular weight excluding hydrogens is 374 g/mol. The first-order valence-electron chi connectivity index (χ1n) is 11.2. The van der Waals surface area contributed by atoms with E-state index in [1.165, 1.54) is 11.1 Å². The van der Waals surface area contributed by atoms with E-state index < -0.39 is 0 Å². The molecule has 0 radical (unpaired) electrons. The number of carbonyl (C=O) groups is 1. The number of likely N-dealkylation sites (tertiary alicyclic amines) is 1. The third-order valence-corrected chi connectivity index (χ3v) is 6.60. The van der Waals surface area contributed by atoms with Crippen molar-refractivity contribution in [3.8, 4) is 0 Å². The maximum atomic E-state index is 12.6. The van der Waals surface area contributed by atoms with Crippen molar-refractivity contribution < 1.29 is 9.53 Å². The fourth-order valence-corrected chi connectivity index (χ4v) is 4.68. The largest absolute Gasteiger partial charge is 0.381 e. The van der Waals surface area contributed by atoms with Crippen LogP contribution in [0.3, 0.4) is 0 Å². The Balaban J connectivity index is 1.24. The summed E-state index contributed by atoms with van der Waals surface area (Å²) in [7, 11) is 0. The second-order valence-corrected chi connectivity index (χ2v) is 8.62. The van der Waals surface area contributed by atoms with Crippen molar-refractivity contribution in [1.29, 1.82) is 0 Å². The first-order valence-corrected chi connectivity index (χ1v) is 11.2. The summed E-state index contributed by atoms with van der Waals surface area (Å²) in [5.74, 6) is 0. The maximum absolute atomic E-state index is 12.6. The van der Waals surface area contributed by atoms with E-state index in [1.807, 2.05) is 6.07 Å². The standard InChI is InChI=1S/C25H33N3O2/c29-24(26-20-25(13-17-30-18-14-25)22-9-5-2-6-10-22)27-23-11-15-28(16-12-23)19-21-7-3-1-4-8-21/h1-10,23H,11-20H2,(H2,26,27,29). The van der Waals surface area contributed by atoms with E-state index in [0.717, 1.165) is 58.5 Å². The van der Waals surface area contributed by atoms with Gasteiger partial charge in [0.05, 0.1) is 0 Å². The molecule has 0 spiro atoms. The topological polar surface area (TPSA) is 53.6 Å². The highest BCUT2D eigenvalue weighted by molar-refractivity contribution is 5.74. The van der Waals surface area contributed by atoms with E-state index in [0.29, 0.717) is 6.54 Å². The second-order valence-electron chi connectivity index (χ2n) is 8.62. The Kier molecular flexibility index (Phi) is 7.03. The summed E-state index contributed by atoms with van der Waals surface area (Å²) in [6.07, 6.45) is 3.88. The van der Waals surface area contributed by atoms with Crippen LogP contribution in [0.5, 0.6) is 0 Å². The summed E-state index contributed by atoms with van der Waals surface area (Å²) in [4.78, 5) is 15.1. The van der Waals surface area contributed by atoms with E-state index >= 15 is 0 Å². The lowest BCUT2D eigenvalue weighted by atomic mass is 9.74. The van der Waals surface area contributed by atoms with E-state index in [1.54, 1.807) is 0 Å². The molecule has 0 saturated carbocycles. The quantitative estimate of drug-likeness (QED) is 0.768. The zero-order valence-electron chi connectivity index (χ0n) is 17.7. The maximum Gasteiger partial charge on any atom is 0.315 e. The highest BCUT2D eigenvalue weighted by atomic mass is 16.5. The minimum atomic E-state index is -0.0432. The molecule has 2 aromatic rings. The summed E-state index contributed by atoms with van der Waals surface area (Å²) in [5, 5.41) is 6.37. The molecule has 2 amide bonds. The van der Waals surface area contributed by atoms with Crippen LogP contribution in [-0.2, 0) is 16.7 Å².